The monoisotopic (exact) mass is 387 g/mol. The van der Waals surface area contributed by atoms with E-state index in [-0.39, 0.29) is 24.0 Å². The Labute approximate surface area is 139 Å². The van der Waals surface area contributed by atoms with Gasteiger partial charge in [-0.2, -0.15) is 0 Å². The average Bonchev–Trinajstić information content (AvgIpc) is 2.47. The van der Waals surface area contributed by atoms with Crippen LogP contribution < -0.4 is 10.6 Å². The van der Waals surface area contributed by atoms with Gasteiger partial charge in [0, 0.05) is 26.1 Å². The maximum atomic E-state index is 4.26. The van der Waals surface area contributed by atoms with Crippen LogP contribution in [0.25, 0.3) is 0 Å². The molecule has 0 heterocycles. The number of halogens is 1. The van der Waals surface area contributed by atoms with Gasteiger partial charge < -0.3 is 10.6 Å². The number of aryl methyl sites for hydroxylation is 1. The Morgan fingerprint density at radius 3 is 2.85 bits per heavy atom. The summed E-state index contributed by atoms with van der Waals surface area (Å²) in [6.07, 6.45) is 4.92. The minimum absolute atomic E-state index is 0. The smallest absolute Gasteiger partial charge is 0.190 e. The first-order valence-electron chi connectivity index (χ1n) is 7.37. The third-order valence-corrected chi connectivity index (χ3v) is 3.78. The van der Waals surface area contributed by atoms with E-state index in [1.54, 1.807) is 0 Å². The fourth-order valence-electron chi connectivity index (χ4n) is 2.75. The number of hydrogen-bond acceptors (Lipinski definition) is 1. The van der Waals surface area contributed by atoms with Gasteiger partial charge in [-0.25, -0.2) is 0 Å². The molecule has 1 aromatic rings. The Morgan fingerprint density at radius 1 is 1.30 bits per heavy atom. The van der Waals surface area contributed by atoms with Crippen LogP contribution in [0.5, 0.6) is 0 Å². The van der Waals surface area contributed by atoms with Crippen molar-refractivity contribution < 1.29 is 0 Å². The van der Waals surface area contributed by atoms with Crippen LogP contribution in [0.1, 0.15) is 43.2 Å². The Balaban J connectivity index is 0.00000200. The molecule has 3 nitrogen and oxygen atoms in total. The predicted octanol–water partition coefficient (Wildman–Crippen LogP) is 3.30. The number of aliphatic imine (C=N–C) groups is 1. The second-order valence-electron chi connectivity index (χ2n) is 5.17. The molecule has 0 bridgehead atoms. The standard InChI is InChI=1S/C16H25N3.HI/c1-3-11-18-16(17-2)19-12-14-9-6-8-13-7-4-5-10-15(13)14;/h4-5,7,10,14H,3,6,8-9,11-12H2,1-2H3,(H2,17,18,19);1H. The largest absolute Gasteiger partial charge is 0.356 e. The number of benzene rings is 1. The zero-order valence-corrected chi connectivity index (χ0v) is 14.8. The molecule has 0 aromatic heterocycles. The SMILES string of the molecule is CCCNC(=NC)NCC1CCCc2ccccc21.I. The molecule has 0 radical (unpaired) electrons. The first-order chi connectivity index (χ1) is 9.35. The summed E-state index contributed by atoms with van der Waals surface area (Å²) in [6, 6.07) is 8.85. The molecule has 0 amide bonds. The molecule has 0 saturated carbocycles. The highest BCUT2D eigenvalue weighted by Gasteiger charge is 2.19. The highest BCUT2D eigenvalue weighted by molar-refractivity contribution is 14.0. The second kappa shape index (κ2) is 9.21. The van der Waals surface area contributed by atoms with Crippen molar-refractivity contribution in [3.05, 3.63) is 35.4 Å². The molecule has 1 unspecified atom stereocenters. The minimum atomic E-state index is 0. The molecule has 4 heteroatoms. The van der Waals surface area contributed by atoms with E-state index < -0.39 is 0 Å². The van der Waals surface area contributed by atoms with Crippen molar-refractivity contribution >= 4 is 29.9 Å². The van der Waals surface area contributed by atoms with Crippen molar-refractivity contribution in [1.29, 1.82) is 0 Å². The van der Waals surface area contributed by atoms with E-state index in [0.29, 0.717) is 5.92 Å². The minimum Gasteiger partial charge on any atom is -0.356 e. The van der Waals surface area contributed by atoms with Crippen LogP contribution in [0.2, 0.25) is 0 Å². The van der Waals surface area contributed by atoms with Gasteiger partial charge in [-0.1, -0.05) is 31.2 Å². The van der Waals surface area contributed by atoms with Gasteiger partial charge in [0.05, 0.1) is 0 Å². The number of guanidine groups is 1. The van der Waals surface area contributed by atoms with Crippen molar-refractivity contribution in [3.63, 3.8) is 0 Å². The lowest BCUT2D eigenvalue weighted by molar-refractivity contribution is 0.539. The third kappa shape index (κ3) is 4.65. The molecule has 1 aliphatic rings. The van der Waals surface area contributed by atoms with Gasteiger partial charge >= 0.3 is 0 Å². The van der Waals surface area contributed by atoms with Gasteiger partial charge in [-0.3, -0.25) is 4.99 Å². The van der Waals surface area contributed by atoms with Crippen LogP contribution in [-0.4, -0.2) is 26.1 Å². The molecule has 2 rings (SSSR count). The van der Waals surface area contributed by atoms with E-state index in [1.165, 1.54) is 30.4 Å². The van der Waals surface area contributed by atoms with E-state index in [2.05, 4.69) is 46.8 Å². The van der Waals surface area contributed by atoms with Crippen molar-refractivity contribution in [2.24, 2.45) is 4.99 Å². The molecule has 0 saturated heterocycles. The lowest BCUT2D eigenvalue weighted by atomic mass is 9.83. The maximum Gasteiger partial charge on any atom is 0.190 e. The second-order valence-corrected chi connectivity index (χ2v) is 5.17. The number of nitrogens with one attached hydrogen (secondary N) is 2. The summed E-state index contributed by atoms with van der Waals surface area (Å²) in [4.78, 5) is 4.26. The predicted molar refractivity (Wildman–Crippen MR) is 97.2 cm³/mol. The van der Waals surface area contributed by atoms with Crippen molar-refractivity contribution in [1.82, 2.24) is 10.6 Å². The molecule has 0 fully saturated rings. The summed E-state index contributed by atoms with van der Waals surface area (Å²) in [5, 5.41) is 6.78. The zero-order valence-electron chi connectivity index (χ0n) is 12.5. The highest BCUT2D eigenvalue weighted by Crippen LogP contribution is 2.30. The van der Waals surface area contributed by atoms with Gasteiger partial charge in [0.1, 0.15) is 0 Å². The normalized spacial score (nSPS) is 17.9. The van der Waals surface area contributed by atoms with Crippen LogP contribution >= 0.6 is 24.0 Å². The van der Waals surface area contributed by atoms with Crippen LogP contribution in [-0.2, 0) is 6.42 Å². The van der Waals surface area contributed by atoms with Crippen molar-refractivity contribution in [2.75, 3.05) is 20.1 Å². The Kier molecular flexibility index (Phi) is 7.95. The van der Waals surface area contributed by atoms with E-state index >= 15 is 0 Å². The number of hydrogen-bond donors (Lipinski definition) is 2. The van der Waals surface area contributed by atoms with Gasteiger partial charge in [0.2, 0.25) is 0 Å². The van der Waals surface area contributed by atoms with E-state index in [9.17, 15) is 0 Å². The summed E-state index contributed by atoms with van der Waals surface area (Å²) < 4.78 is 0. The molecule has 20 heavy (non-hydrogen) atoms. The molecule has 1 aromatic carbocycles. The molecule has 0 spiro atoms. The lowest BCUT2D eigenvalue weighted by Crippen LogP contribution is -2.40. The number of rotatable bonds is 4. The van der Waals surface area contributed by atoms with Crippen LogP contribution in [0.4, 0.5) is 0 Å². The topological polar surface area (TPSA) is 36.4 Å². The van der Waals surface area contributed by atoms with Gasteiger partial charge in [-0.05, 0) is 36.8 Å². The van der Waals surface area contributed by atoms with Gasteiger partial charge in [0.25, 0.3) is 0 Å². The van der Waals surface area contributed by atoms with Gasteiger partial charge in [-0.15, -0.1) is 24.0 Å². The van der Waals surface area contributed by atoms with Crippen molar-refractivity contribution in [2.45, 2.75) is 38.5 Å². The summed E-state index contributed by atoms with van der Waals surface area (Å²) in [6.45, 7) is 4.11. The molecular formula is C16H26IN3. The Hall–Kier alpha value is -0.780. The van der Waals surface area contributed by atoms with E-state index in [0.717, 1.165) is 25.5 Å². The quantitative estimate of drug-likeness (QED) is 0.473. The summed E-state index contributed by atoms with van der Waals surface area (Å²) in [7, 11) is 1.83. The molecule has 1 atom stereocenters. The molecule has 112 valence electrons. The van der Waals surface area contributed by atoms with Crippen molar-refractivity contribution in [3.8, 4) is 0 Å². The molecular weight excluding hydrogens is 361 g/mol. The fourth-order valence-corrected chi connectivity index (χ4v) is 2.75. The zero-order chi connectivity index (χ0) is 13.5. The number of fused-ring (bicyclic) bond motifs is 1. The average molecular weight is 387 g/mol. The number of nitrogens with zero attached hydrogens (tertiary/aromatic N) is 1. The van der Waals surface area contributed by atoms with Gasteiger partial charge in [0.15, 0.2) is 5.96 Å². The molecule has 0 aliphatic heterocycles. The first-order valence-corrected chi connectivity index (χ1v) is 7.37. The first kappa shape index (κ1) is 17.3. The molecule has 2 N–H and O–H groups in total. The lowest BCUT2D eigenvalue weighted by Gasteiger charge is -2.26. The third-order valence-electron chi connectivity index (χ3n) is 3.78. The van der Waals surface area contributed by atoms with E-state index in [4.69, 9.17) is 0 Å². The summed E-state index contributed by atoms with van der Waals surface area (Å²) in [5.41, 5.74) is 3.05. The summed E-state index contributed by atoms with van der Waals surface area (Å²) >= 11 is 0. The van der Waals surface area contributed by atoms with Crippen LogP contribution in [0.15, 0.2) is 29.3 Å². The van der Waals surface area contributed by atoms with Crippen LogP contribution in [0.3, 0.4) is 0 Å². The van der Waals surface area contributed by atoms with E-state index in [1.807, 2.05) is 7.05 Å². The van der Waals surface area contributed by atoms with Crippen LogP contribution in [0, 0.1) is 0 Å². The Bertz CT molecular complexity index is 431. The Morgan fingerprint density at radius 2 is 2.10 bits per heavy atom. The fraction of sp³-hybridized carbons (Fsp3) is 0.562. The summed E-state index contributed by atoms with van der Waals surface area (Å²) in [5.74, 6) is 1.54. The molecule has 1 aliphatic carbocycles. The maximum absolute atomic E-state index is 4.26. The highest BCUT2D eigenvalue weighted by atomic mass is 127.